The third-order valence-electron chi connectivity index (χ3n) is 4.34. The maximum atomic E-state index is 5.59. The van der Waals surface area contributed by atoms with E-state index in [1.807, 2.05) is 19.1 Å². The minimum Gasteiger partial charge on any atom is -0.493 e. The standard InChI is InChI=1S/C17H24N4O3S/c1-12-18-17(25-19-12)21-9-7-20(8-10-21)11-13-5-6-14(22-2)16(24-4)15(13)23-3/h5-6H,7-11H2,1-4H3. The number of hydrogen-bond donors (Lipinski definition) is 0. The highest BCUT2D eigenvalue weighted by molar-refractivity contribution is 7.09. The van der Waals surface area contributed by atoms with Gasteiger partial charge < -0.3 is 19.1 Å². The van der Waals surface area contributed by atoms with E-state index in [1.165, 1.54) is 11.5 Å². The second kappa shape index (κ2) is 7.88. The van der Waals surface area contributed by atoms with Crippen molar-refractivity contribution < 1.29 is 14.2 Å². The first-order valence-corrected chi connectivity index (χ1v) is 8.99. The van der Waals surface area contributed by atoms with Crippen LogP contribution < -0.4 is 19.1 Å². The molecule has 0 aliphatic carbocycles. The highest BCUT2D eigenvalue weighted by Crippen LogP contribution is 2.40. The molecule has 1 fully saturated rings. The number of benzene rings is 1. The first kappa shape index (κ1) is 17.8. The van der Waals surface area contributed by atoms with Crippen molar-refractivity contribution in [2.24, 2.45) is 0 Å². The van der Waals surface area contributed by atoms with Crippen LogP contribution in [-0.2, 0) is 6.54 Å². The van der Waals surface area contributed by atoms with Gasteiger partial charge in [-0.2, -0.15) is 4.37 Å². The molecule has 8 heteroatoms. The maximum absolute atomic E-state index is 5.59. The molecular weight excluding hydrogens is 340 g/mol. The van der Waals surface area contributed by atoms with Gasteiger partial charge in [0.25, 0.3) is 0 Å². The number of rotatable bonds is 6. The van der Waals surface area contributed by atoms with E-state index in [0.29, 0.717) is 11.5 Å². The molecule has 0 saturated carbocycles. The van der Waals surface area contributed by atoms with Gasteiger partial charge in [0.15, 0.2) is 11.5 Å². The van der Waals surface area contributed by atoms with Crippen molar-refractivity contribution in [1.29, 1.82) is 0 Å². The number of methoxy groups -OCH3 is 3. The van der Waals surface area contributed by atoms with E-state index in [1.54, 1.807) is 21.3 Å². The summed E-state index contributed by atoms with van der Waals surface area (Å²) in [6.45, 7) is 6.58. The van der Waals surface area contributed by atoms with Crippen molar-refractivity contribution >= 4 is 16.7 Å². The van der Waals surface area contributed by atoms with Crippen LogP contribution in [0.3, 0.4) is 0 Å². The van der Waals surface area contributed by atoms with Crippen LogP contribution in [0.5, 0.6) is 17.2 Å². The quantitative estimate of drug-likeness (QED) is 0.779. The second-order valence-electron chi connectivity index (χ2n) is 5.88. The lowest BCUT2D eigenvalue weighted by Crippen LogP contribution is -2.46. The van der Waals surface area contributed by atoms with Crippen LogP contribution in [0, 0.1) is 6.92 Å². The summed E-state index contributed by atoms with van der Waals surface area (Å²) in [5.41, 5.74) is 1.10. The van der Waals surface area contributed by atoms with Gasteiger partial charge in [0.2, 0.25) is 10.9 Å². The van der Waals surface area contributed by atoms with Crippen molar-refractivity contribution in [2.45, 2.75) is 13.5 Å². The molecule has 0 atom stereocenters. The van der Waals surface area contributed by atoms with Gasteiger partial charge in [-0.25, -0.2) is 4.98 Å². The van der Waals surface area contributed by atoms with E-state index in [0.717, 1.165) is 55.0 Å². The number of hydrogen-bond acceptors (Lipinski definition) is 8. The topological polar surface area (TPSA) is 60.0 Å². The van der Waals surface area contributed by atoms with Gasteiger partial charge in [0, 0.05) is 49.8 Å². The van der Waals surface area contributed by atoms with Crippen molar-refractivity contribution in [1.82, 2.24) is 14.3 Å². The lowest BCUT2D eigenvalue weighted by molar-refractivity contribution is 0.243. The third kappa shape index (κ3) is 3.80. The van der Waals surface area contributed by atoms with Crippen LogP contribution in [0.1, 0.15) is 11.4 Å². The van der Waals surface area contributed by atoms with Gasteiger partial charge >= 0.3 is 0 Å². The largest absolute Gasteiger partial charge is 0.493 e. The second-order valence-corrected chi connectivity index (χ2v) is 6.61. The van der Waals surface area contributed by atoms with E-state index in [-0.39, 0.29) is 0 Å². The van der Waals surface area contributed by atoms with Crippen LogP contribution in [0.4, 0.5) is 5.13 Å². The molecule has 0 spiro atoms. The summed E-state index contributed by atoms with van der Waals surface area (Å²) in [4.78, 5) is 9.19. The molecule has 2 aromatic rings. The zero-order valence-corrected chi connectivity index (χ0v) is 15.9. The predicted molar refractivity (Wildman–Crippen MR) is 98.2 cm³/mol. The molecule has 7 nitrogen and oxygen atoms in total. The minimum absolute atomic E-state index is 0.644. The molecule has 136 valence electrons. The van der Waals surface area contributed by atoms with Crippen LogP contribution >= 0.6 is 11.5 Å². The van der Waals surface area contributed by atoms with Crippen molar-refractivity contribution in [2.75, 3.05) is 52.4 Å². The van der Waals surface area contributed by atoms with Crippen LogP contribution in [0.2, 0.25) is 0 Å². The average Bonchev–Trinajstić information content (AvgIpc) is 3.08. The Morgan fingerprint density at radius 2 is 1.72 bits per heavy atom. The Labute approximate surface area is 152 Å². The lowest BCUT2D eigenvalue weighted by atomic mass is 10.1. The van der Waals surface area contributed by atoms with Crippen molar-refractivity contribution in [3.63, 3.8) is 0 Å². The molecule has 25 heavy (non-hydrogen) atoms. The molecule has 0 bridgehead atoms. The molecule has 0 radical (unpaired) electrons. The van der Waals surface area contributed by atoms with E-state index < -0.39 is 0 Å². The van der Waals surface area contributed by atoms with E-state index in [2.05, 4.69) is 19.2 Å². The Balaban J connectivity index is 1.67. The van der Waals surface area contributed by atoms with Gasteiger partial charge in [0.1, 0.15) is 5.82 Å². The minimum atomic E-state index is 0.644. The molecule has 1 aromatic carbocycles. The smallest absolute Gasteiger partial charge is 0.205 e. The average molecular weight is 364 g/mol. The molecular formula is C17H24N4O3S. The fourth-order valence-corrected chi connectivity index (χ4v) is 3.77. The lowest BCUT2D eigenvalue weighted by Gasteiger charge is -2.34. The fraction of sp³-hybridized carbons (Fsp3) is 0.529. The van der Waals surface area contributed by atoms with Crippen LogP contribution in [0.15, 0.2) is 12.1 Å². The molecule has 1 aliphatic heterocycles. The fourth-order valence-electron chi connectivity index (χ4n) is 3.04. The number of anilines is 1. The summed E-state index contributed by atoms with van der Waals surface area (Å²) in [6.07, 6.45) is 0. The number of aryl methyl sites for hydroxylation is 1. The Bertz CT molecular complexity index is 714. The Hall–Kier alpha value is -2.06. The maximum Gasteiger partial charge on any atom is 0.205 e. The van der Waals surface area contributed by atoms with Gasteiger partial charge in [-0.15, -0.1) is 0 Å². The molecule has 3 rings (SSSR count). The molecule has 0 unspecified atom stereocenters. The van der Waals surface area contributed by atoms with Gasteiger partial charge in [-0.3, -0.25) is 4.90 Å². The zero-order chi connectivity index (χ0) is 17.8. The highest BCUT2D eigenvalue weighted by atomic mass is 32.1. The van der Waals surface area contributed by atoms with E-state index in [9.17, 15) is 0 Å². The number of piperazine rings is 1. The Morgan fingerprint density at radius 1 is 1.00 bits per heavy atom. The zero-order valence-electron chi connectivity index (χ0n) is 15.1. The SMILES string of the molecule is COc1ccc(CN2CCN(c3nc(C)ns3)CC2)c(OC)c1OC. The number of nitrogens with zero attached hydrogens (tertiary/aromatic N) is 4. The third-order valence-corrected chi connectivity index (χ3v) is 5.21. The van der Waals surface area contributed by atoms with Gasteiger partial charge in [0.05, 0.1) is 21.3 Å². The summed E-state index contributed by atoms with van der Waals surface area (Å²) in [5.74, 6) is 2.91. The molecule has 1 aromatic heterocycles. The van der Waals surface area contributed by atoms with Gasteiger partial charge in [-0.05, 0) is 13.0 Å². The summed E-state index contributed by atoms with van der Waals surface area (Å²) in [6, 6.07) is 3.97. The normalized spacial score (nSPS) is 15.3. The Kier molecular flexibility index (Phi) is 5.60. The van der Waals surface area contributed by atoms with Crippen molar-refractivity contribution in [3.05, 3.63) is 23.5 Å². The van der Waals surface area contributed by atoms with Crippen molar-refractivity contribution in [3.8, 4) is 17.2 Å². The van der Waals surface area contributed by atoms with E-state index in [4.69, 9.17) is 14.2 Å². The van der Waals surface area contributed by atoms with Gasteiger partial charge in [-0.1, -0.05) is 6.07 Å². The monoisotopic (exact) mass is 364 g/mol. The summed E-state index contributed by atoms with van der Waals surface area (Å²) < 4.78 is 20.7. The molecule has 0 N–H and O–H groups in total. The highest BCUT2D eigenvalue weighted by Gasteiger charge is 2.22. The number of aromatic nitrogens is 2. The predicted octanol–water partition coefficient (Wildman–Crippen LogP) is 2.19. The first-order valence-electron chi connectivity index (χ1n) is 8.21. The summed E-state index contributed by atoms with van der Waals surface area (Å²) in [7, 11) is 4.93. The Morgan fingerprint density at radius 3 is 2.28 bits per heavy atom. The first-order chi connectivity index (χ1) is 12.2. The van der Waals surface area contributed by atoms with Crippen LogP contribution in [-0.4, -0.2) is 61.8 Å². The summed E-state index contributed by atoms with van der Waals surface area (Å²) >= 11 is 1.47. The van der Waals surface area contributed by atoms with E-state index >= 15 is 0 Å². The molecule has 1 saturated heterocycles. The molecule has 2 heterocycles. The number of ether oxygens (including phenoxy) is 3. The summed E-state index contributed by atoms with van der Waals surface area (Å²) in [5, 5.41) is 1.01. The molecule has 0 amide bonds. The molecule has 1 aliphatic rings. The van der Waals surface area contributed by atoms with Crippen LogP contribution in [0.25, 0.3) is 0 Å².